The molecule has 1 fully saturated rings. The number of hydrogen-bond acceptors (Lipinski definition) is 2. The van der Waals surface area contributed by atoms with Crippen molar-refractivity contribution in [3.8, 4) is 0 Å². The minimum absolute atomic E-state index is 0.119. The van der Waals surface area contributed by atoms with Gasteiger partial charge in [-0.3, -0.25) is 0 Å². The minimum atomic E-state index is 0.119. The van der Waals surface area contributed by atoms with Gasteiger partial charge in [-0.15, -0.1) is 0 Å². The van der Waals surface area contributed by atoms with Gasteiger partial charge >= 0.3 is 0 Å². The number of nitrogens with zero attached hydrogens (tertiary/aromatic N) is 2. The van der Waals surface area contributed by atoms with E-state index < -0.39 is 0 Å². The smallest absolute Gasteiger partial charge is 0.0731 e. The standard InChI is InChI=1S/C13H17BrN2S/c1-3-17-15(2)13-8-11(14)6-7-12(13)16(17)9-10-4-5-10/h3,6-8,10H,4-5,9H2,1-2H3. The molecule has 1 saturated carbocycles. The van der Waals surface area contributed by atoms with E-state index in [0.717, 1.165) is 10.4 Å². The van der Waals surface area contributed by atoms with Gasteiger partial charge in [0.05, 0.1) is 11.4 Å². The molecule has 1 aromatic carbocycles. The molecule has 0 saturated heterocycles. The van der Waals surface area contributed by atoms with Gasteiger partial charge in [-0.25, -0.2) is 0 Å². The summed E-state index contributed by atoms with van der Waals surface area (Å²) in [6.07, 6.45) is 2.82. The largest absolute Gasteiger partial charge is 0.307 e. The summed E-state index contributed by atoms with van der Waals surface area (Å²) >= 11 is 3.57. The molecule has 0 N–H and O–H groups in total. The summed E-state index contributed by atoms with van der Waals surface area (Å²) in [6, 6.07) is 6.62. The van der Waals surface area contributed by atoms with E-state index in [-0.39, 0.29) is 10.9 Å². The Morgan fingerprint density at radius 1 is 1.41 bits per heavy atom. The van der Waals surface area contributed by atoms with Crippen LogP contribution < -0.4 is 8.61 Å². The molecule has 0 aromatic heterocycles. The first kappa shape index (κ1) is 11.6. The zero-order valence-corrected chi connectivity index (χ0v) is 12.6. The molecule has 1 aliphatic carbocycles. The molecule has 1 aromatic rings. The van der Waals surface area contributed by atoms with Crippen LogP contribution in [0.2, 0.25) is 0 Å². The second kappa shape index (κ2) is 4.32. The van der Waals surface area contributed by atoms with Crippen molar-refractivity contribution < 1.29 is 0 Å². The molecule has 2 nitrogen and oxygen atoms in total. The number of hydrogen-bond donors (Lipinski definition) is 0. The van der Waals surface area contributed by atoms with E-state index in [4.69, 9.17) is 0 Å². The first-order chi connectivity index (χ1) is 8.20. The van der Waals surface area contributed by atoms with Gasteiger partial charge in [-0.1, -0.05) is 15.9 Å². The second-order valence-electron chi connectivity index (χ2n) is 4.66. The number of anilines is 2. The van der Waals surface area contributed by atoms with Crippen LogP contribution in [0, 0.1) is 5.92 Å². The first-order valence-electron chi connectivity index (χ1n) is 6.04. The van der Waals surface area contributed by atoms with Crippen molar-refractivity contribution in [2.24, 2.45) is 5.92 Å². The summed E-state index contributed by atoms with van der Waals surface area (Å²) in [6.45, 7) is 3.38. The van der Waals surface area contributed by atoms with E-state index in [1.165, 1.54) is 30.8 Å². The predicted octanol–water partition coefficient (Wildman–Crippen LogP) is 4.04. The summed E-state index contributed by atoms with van der Waals surface area (Å²) in [5, 5.41) is 2.32. The van der Waals surface area contributed by atoms with E-state index in [2.05, 4.69) is 62.1 Å². The van der Waals surface area contributed by atoms with Gasteiger partial charge in [0.15, 0.2) is 0 Å². The zero-order chi connectivity index (χ0) is 12.0. The number of benzene rings is 1. The lowest BCUT2D eigenvalue weighted by Crippen LogP contribution is -2.20. The van der Waals surface area contributed by atoms with Crippen LogP contribution in [0.15, 0.2) is 22.7 Å². The van der Waals surface area contributed by atoms with Crippen molar-refractivity contribution in [3.63, 3.8) is 0 Å². The third kappa shape index (κ3) is 2.02. The molecular formula is C13H17BrN2S. The van der Waals surface area contributed by atoms with E-state index in [0.29, 0.717) is 0 Å². The summed E-state index contributed by atoms with van der Waals surface area (Å²) in [5.41, 5.74) is 2.74. The molecule has 17 heavy (non-hydrogen) atoms. The SMILES string of the molecule is CC=S1N(C)c2cc(Br)ccc2N1CC1CC1. The monoisotopic (exact) mass is 312 g/mol. The fourth-order valence-electron chi connectivity index (χ4n) is 2.30. The Bertz CT molecular complexity index is 482. The van der Waals surface area contributed by atoms with E-state index >= 15 is 0 Å². The quantitative estimate of drug-likeness (QED) is 0.761. The van der Waals surface area contributed by atoms with Gasteiger partial charge in [0, 0.05) is 18.1 Å². The topological polar surface area (TPSA) is 6.48 Å². The normalized spacial score (nSPS) is 23.4. The maximum absolute atomic E-state index is 3.57. The average Bonchev–Trinajstić information content (AvgIpc) is 3.08. The number of halogens is 1. The lowest BCUT2D eigenvalue weighted by Gasteiger charge is -2.23. The predicted molar refractivity (Wildman–Crippen MR) is 81.9 cm³/mol. The molecule has 1 atom stereocenters. The van der Waals surface area contributed by atoms with E-state index in [9.17, 15) is 0 Å². The Balaban J connectivity index is 2.02. The maximum atomic E-state index is 3.57. The Hall–Kier alpha value is -0.480. The van der Waals surface area contributed by atoms with Crippen LogP contribution in [0.1, 0.15) is 19.8 Å². The maximum Gasteiger partial charge on any atom is 0.0731 e. The van der Waals surface area contributed by atoms with Crippen LogP contribution in [0.3, 0.4) is 0 Å². The lowest BCUT2D eigenvalue weighted by atomic mass is 10.2. The van der Waals surface area contributed by atoms with Crippen molar-refractivity contribution in [2.45, 2.75) is 19.8 Å². The first-order valence-corrected chi connectivity index (χ1v) is 8.04. The molecule has 4 heteroatoms. The molecule has 1 aliphatic heterocycles. The van der Waals surface area contributed by atoms with Crippen LogP contribution in [-0.4, -0.2) is 19.0 Å². The Morgan fingerprint density at radius 3 is 2.82 bits per heavy atom. The number of rotatable bonds is 2. The summed E-state index contributed by atoms with van der Waals surface area (Å²) in [5.74, 6) is 0.924. The van der Waals surface area contributed by atoms with Gasteiger partial charge < -0.3 is 8.61 Å². The van der Waals surface area contributed by atoms with Gasteiger partial charge in [-0.2, -0.15) is 0 Å². The van der Waals surface area contributed by atoms with Crippen molar-refractivity contribution >= 4 is 43.5 Å². The summed E-state index contributed by atoms with van der Waals surface area (Å²) < 4.78 is 6.12. The van der Waals surface area contributed by atoms with Crippen molar-refractivity contribution in [1.29, 1.82) is 0 Å². The zero-order valence-electron chi connectivity index (χ0n) is 10.2. The highest BCUT2D eigenvalue weighted by molar-refractivity contribution is 9.10. The van der Waals surface area contributed by atoms with Gasteiger partial charge in [0.2, 0.25) is 0 Å². The molecule has 1 unspecified atom stereocenters. The highest BCUT2D eigenvalue weighted by atomic mass is 79.9. The van der Waals surface area contributed by atoms with Crippen LogP contribution in [0.25, 0.3) is 0 Å². The molecule has 0 radical (unpaired) electrons. The van der Waals surface area contributed by atoms with Crippen molar-refractivity contribution in [1.82, 2.24) is 0 Å². The van der Waals surface area contributed by atoms with Gasteiger partial charge in [-0.05, 0) is 60.1 Å². The highest BCUT2D eigenvalue weighted by Gasteiger charge is 2.32. The minimum Gasteiger partial charge on any atom is -0.307 e. The third-order valence-electron chi connectivity index (χ3n) is 3.38. The summed E-state index contributed by atoms with van der Waals surface area (Å²) in [4.78, 5) is 0. The molecule has 0 spiro atoms. The average molecular weight is 313 g/mol. The van der Waals surface area contributed by atoms with Crippen LogP contribution in [0.4, 0.5) is 11.4 Å². The van der Waals surface area contributed by atoms with Crippen LogP contribution >= 0.6 is 26.8 Å². The molecular weight excluding hydrogens is 296 g/mol. The van der Waals surface area contributed by atoms with Gasteiger partial charge in [0.25, 0.3) is 0 Å². The van der Waals surface area contributed by atoms with E-state index in [1.807, 2.05) is 0 Å². The summed E-state index contributed by atoms with van der Waals surface area (Å²) in [7, 11) is 2.31. The molecule has 0 amide bonds. The van der Waals surface area contributed by atoms with Crippen molar-refractivity contribution in [2.75, 3.05) is 22.2 Å². The van der Waals surface area contributed by atoms with Crippen LogP contribution in [0.5, 0.6) is 0 Å². The third-order valence-corrected chi connectivity index (χ3v) is 5.85. The number of fused-ring (bicyclic) bond motifs is 1. The Labute approximate surface area is 114 Å². The molecule has 2 aliphatic rings. The Kier molecular flexibility index (Phi) is 2.95. The van der Waals surface area contributed by atoms with Gasteiger partial charge in [0.1, 0.15) is 0 Å². The van der Waals surface area contributed by atoms with Crippen molar-refractivity contribution in [3.05, 3.63) is 22.7 Å². The molecule has 3 rings (SSSR count). The molecule has 92 valence electrons. The Morgan fingerprint density at radius 2 is 2.18 bits per heavy atom. The van der Waals surface area contributed by atoms with E-state index in [1.54, 1.807) is 0 Å². The fourth-order valence-corrected chi connectivity index (χ4v) is 4.59. The van der Waals surface area contributed by atoms with Crippen LogP contribution in [-0.2, 0) is 0 Å². The highest BCUT2D eigenvalue weighted by Crippen LogP contribution is 2.50. The lowest BCUT2D eigenvalue weighted by molar-refractivity contribution is 0.852. The second-order valence-corrected chi connectivity index (χ2v) is 7.62. The molecule has 0 bridgehead atoms. The molecule has 1 heterocycles. The fraction of sp³-hybridized carbons (Fsp3) is 0.462.